The summed E-state index contributed by atoms with van der Waals surface area (Å²) >= 11 is 0. The fraction of sp³-hybridized carbons (Fsp3) is 0.417. The lowest BCUT2D eigenvalue weighted by Gasteiger charge is -2.34. The van der Waals surface area contributed by atoms with E-state index in [1.54, 1.807) is 0 Å². The molecule has 4 fully saturated rings. The van der Waals surface area contributed by atoms with Crippen LogP contribution in [0.5, 0.6) is 11.8 Å². The Morgan fingerprint density at radius 2 is 1.79 bits per heavy atom. The second-order valence-electron chi connectivity index (χ2n) is 13.2. The minimum atomic E-state index is -0.792. The number of terminal acetylenes is 2. The van der Waals surface area contributed by atoms with Crippen molar-refractivity contribution in [2.45, 2.75) is 37.8 Å². The number of nitrogens with one attached hydrogen (secondary N) is 1. The van der Waals surface area contributed by atoms with E-state index in [4.69, 9.17) is 27.3 Å². The van der Waals surface area contributed by atoms with E-state index in [-0.39, 0.29) is 62.7 Å². The lowest BCUT2D eigenvalue weighted by Crippen LogP contribution is -2.51. The molecule has 2 atom stereocenters. The number of pyridine rings is 1. The molecular formula is C36H34F2N6O3. The largest absolute Gasteiger partial charge is 0.508 e. The van der Waals surface area contributed by atoms with Crippen molar-refractivity contribution in [3.05, 3.63) is 47.2 Å². The van der Waals surface area contributed by atoms with Gasteiger partial charge in [-0.3, -0.25) is 4.90 Å². The standard InChI is InChI=1S/C36H34F2N6O3/c1-3-25-27(37)8-5-21-15-24(45)16-26(29(21)25)32-31(38)33-30(28(4-2)40-32)34(44-17-22-6-7-23(18-44)39-22)42-35(41-33)47-20-36(9-10-36)19-43-11-13-46-14-12-43/h1-2,5,8,15-16,22-23,39,45H,6-7,9-14,17-20H2. The van der Waals surface area contributed by atoms with Crippen LogP contribution in [0.3, 0.4) is 0 Å². The molecular weight excluding hydrogens is 602 g/mol. The van der Waals surface area contributed by atoms with Crippen LogP contribution < -0.4 is 15.0 Å². The number of ether oxygens (including phenoxy) is 2. The van der Waals surface area contributed by atoms with Gasteiger partial charge in [0, 0.05) is 61.2 Å². The van der Waals surface area contributed by atoms with Gasteiger partial charge in [-0.25, -0.2) is 13.8 Å². The van der Waals surface area contributed by atoms with Crippen molar-refractivity contribution in [3.63, 3.8) is 0 Å². The van der Waals surface area contributed by atoms with E-state index >= 15 is 4.39 Å². The lowest BCUT2D eigenvalue weighted by molar-refractivity contribution is 0.0231. The first-order valence-electron chi connectivity index (χ1n) is 16.1. The van der Waals surface area contributed by atoms with E-state index in [9.17, 15) is 9.50 Å². The summed E-state index contributed by atoms with van der Waals surface area (Å²) in [6, 6.07) is 6.05. The van der Waals surface area contributed by atoms with Crippen molar-refractivity contribution in [2.75, 3.05) is 57.4 Å². The number of nitrogens with zero attached hydrogens (tertiary/aromatic N) is 5. The van der Waals surface area contributed by atoms with E-state index in [0.717, 1.165) is 58.5 Å². The summed E-state index contributed by atoms with van der Waals surface area (Å²) in [4.78, 5) is 18.6. The molecule has 0 radical (unpaired) electrons. The Hall–Kier alpha value is -4.55. The van der Waals surface area contributed by atoms with Crippen LogP contribution in [-0.4, -0.2) is 89.6 Å². The molecule has 4 aromatic rings. The molecule has 2 unspecified atom stereocenters. The Bertz CT molecular complexity index is 1980. The number of morpholine rings is 1. The minimum Gasteiger partial charge on any atom is -0.508 e. The van der Waals surface area contributed by atoms with Gasteiger partial charge in [0.2, 0.25) is 0 Å². The monoisotopic (exact) mass is 636 g/mol. The number of fused-ring (bicyclic) bond motifs is 4. The quantitative estimate of drug-likeness (QED) is 0.289. The number of phenols is 1. The molecule has 1 aliphatic carbocycles. The van der Waals surface area contributed by atoms with Crippen LogP contribution in [0.15, 0.2) is 24.3 Å². The molecule has 3 aliphatic heterocycles. The zero-order valence-electron chi connectivity index (χ0n) is 25.9. The van der Waals surface area contributed by atoms with Gasteiger partial charge in [0.25, 0.3) is 0 Å². The maximum atomic E-state index is 17.0. The molecule has 5 heterocycles. The summed E-state index contributed by atoms with van der Waals surface area (Å²) in [5, 5.41) is 15.2. The molecule has 0 spiro atoms. The Kier molecular flexibility index (Phi) is 7.36. The average molecular weight is 637 g/mol. The number of halogens is 2. The van der Waals surface area contributed by atoms with E-state index in [1.807, 2.05) is 0 Å². The number of benzene rings is 2. The number of aromatic hydroxyl groups is 1. The summed E-state index contributed by atoms with van der Waals surface area (Å²) in [6.07, 6.45) is 15.9. The average Bonchev–Trinajstić information content (AvgIpc) is 3.77. The number of aromatic nitrogens is 3. The number of hydrogen-bond acceptors (Lipinski definition) is 9. The first-order valence-corrected chi connectivity index (χ1v) is 16.1. The van der Waals surface area contributed by atoms with E-state index in [2.05, 4.69) is 36.9 Å². The van der Waals surface area contributed by atoms with Crippen molar-refractivity contribution >= 4 is 27.5 Å². The SMILES string of the molecule is C#Cc1c(F)ccc2cc(O)cc(-c3nc(C#C)c4c(N5CC6CCC(C5)N6)nc(OCC5(CN6CCOCC6)CC5)nc4c3F)c12. The fourth-order valence-corrected chi connectivity index (χ4v) is 7.41. The van der Waals surface area contributed by atoms with Gasteiger partial charge in [-0.1, -0.05) is 12.0 Å². The molecule has 47 heavy (non-hydrogen) atoms. The highest BCUT2D eigenvalue weighted by atomic mass is 19.1. The van der Waals surface area contributed by atoms with Gasteiger partial charge in [0.1, 0.15) is 34.3 Å². The van der Waals surface area contributed by atoms with Crippen LogP contribution in [0, 0.1) is 41.7 Å². The van der Waals surface area contributed by atoms with Crippen LogP contribution >= 0.6 is 0 Å². The number of phenolic OH excluding ortho intramolecular Hbond substituents is 1. The zero-order chi connectivity index (χ0) is 32.3. The van der Waals surface area contributed by atoms with Gasteiger partial charge in [0.05, 0.1) is 30.8 Å². The van der Waals surface area contributed by atoms with Crippen LogP contribution in [-0.2, 0) is 4.74 Å². The Labute approximate surface area is 271 Å². The van der Waals surface area contributed by atoms with Crippen molar-refractivity contribution < 1.29 is 23.4 Å². The van der Waals surface area contributed by atoms with Crippen molar-refractivity contribution in [2.24, 2.45) is 5.41 Å². The normalized spacial score (nSPS) is 21.9. The molecule has 8 rings (SSSR count). The van der Waals surface area contributed by atoms with Crippen molar-refractivity contribution in [1.29, 1.82) is 0 Å². The van der Waals surface area contributed by atoms with Gasteiger partial charge >= 0.3 is 6.01 Å². The van der Waals surface area contributed by atoms with Crippen molar-refractivity contribution in [3.8, 4) is 47.7 Å². The second kappa shape index (κ2) is 11.6. The molecule has 11 heteroatoms. The Morgan fingerprint density at radius 3 is 2.49 bits per heavy atom. The van der Waals surface area contributed by atoms with Crippen LogP contribution in [0.25, 0.3) is 32.9 Å². The maximum absolute atomic E-state index is 17.0. The third-order valence-electron chi connectivity index (χ3n) is 9.98. The fourth-order valence-electron chi connectivity index (χ4n) is 7.41. The molecule has 9 nitrogen and oxygen atoms in total. The molecule has 2 N–H and O–H groups in total. The number of hydrogen-bond donors (Lipinski definition) is 2. The predicted molar refractivity (Wildman–Crippen MR) is 174 cm³/mol. The highest BCUT2D eigenvalue weighted by Crippen LogP contribution is 2.47. The van der Waals surface area contributed by atoms with E-state index in [0.29, 0.717) is 36.3 Å². The second-order valence-corrected chi connectivity index (χ2v) is 13.2. The summed E-state index contributed by atoms with van der Waals surface area (Å²) < 4.78 is 43.8. The molecule has 2 aromatic heterocycles. The summed E-state index contributed by atoms with van der Waals surface area (Å²) in [7, 11) is 0. The molecule has 0 amide bonds. The van der Waals surface area contributed by atoms with E-state index < -0.39 is 11.6 Å². The minimum absolute atomic E-state index is 0.0218. The van der Waals surface area contributed by atoms with Gasteiger partial charge in [0.15, 0.2) is 5.82 Å². The lowest BCUT2D eigenvalue weighted by atomic mass is 9.95. The molecule has 2 aromatic carbocycles. The molecule has 4 aliphatic rings. The third-order valence-corrected chi connectivity index (χ3v) is 9.98. The third kappa shape index (κ3) is 5.39. The summed E-state index contributed by atoms with van der Waals surface area (Å²) in [6.45, 7) is 5.82. The van der Waals surface area contributed by atoms with Crippen LogP contribution in [0.2, 0.25) is 0 Å². The topological polar surface area (TPSA) is 95.9 Å². The van der Waals surface area contributed by atoms with Crippen molar-refractivity contribution in [1.82, 2.24) is 25.2 Å². The molecule has 3 saturated heterocycles. The predicted octanol–water partition coefficient (Wildman–Crippen LogP) is 4.22. The van der Waals surface area contributed by atoms with E-state index in [1.165, 1.54) is 24.3 Å². The summed E-state index contributed by atoms with van der Waals surface area (Å²) in [5.74, 6) is 3.88. The summed E-state index contributed by atoms with van der Waals surface area (Å²) in [5.41, 5.74) is -0.109. The van der Waals surface area contributed by atoms with Gasteiger partial charge < -0.3 is 24.8 Å². The first-order chi connectivity index (χ1) is 22.8. The maximum Gasteiger partial charge on any atom is 0.319 e. The van der Waals surface area contributed by atoms with Crippen LogP contribution in [0.1, 0.15) is 36.9 Å². The Balaban J connectivity index is 1.27. The number of anilines is 1. The van der Waals surface area contributed by atoms with Gasteiger partial charge in [-0.15, -0.1) is 12.8 Å². The molecule has 240 valence electrons. The molecule has 1 saturated carbocycles. The molecule has 2 bridgehead atoms. The van der Waals surface area contributed by atoms with Crippen LogP contribution in [0.4, 0.5) is 14.6 Å². The number of rotatable bonds is 7. The van der Waals surface area contributed by atoms with Gasteiger partial charge in [-0.05, 0) is 55.2 Å². The highest BCUT2D eigenvalue weighted by Gasteiger charge is 2.45. The smallest absolute Gasteiger partial charge is 0.319 e. The zero-order valence-corrected chi connectivity index (χ0v) is 25.9. The number of piperazine rings is 1. The Morgan fingerprint density at radius 1 is 1.02 bits per heavy atom. The highest BCUT2D eigenvalue weighted by molar-refractivity contribution is 6.04. The van der Waals surface area contributed by atoms with Gasteiger partial charge in [-0.2, -0.15) is 9.97 Å². The first kappa shape index (κ1) is 29.8.